The fourth-order valence-electron chi connectivity index (χ4n) is 2.25. The smallest absolute Gasteiger partial charge is 0.0221 e. The molecule has 1 aliphatic heterocycles. The fourth-order valence-corrected chi connectivity index (χ4v) is 3.12. The Morgan fingerprint density at radius 2 is 2.23 bits per heavy atom. The molecule has 0 aromatic heterocycles. The first-order valence-electron chi connectivity index (χ1n) is 5.11. The van der Waals surface area contributed by atoms with Crippen LogP contribution in [0.3, 0.4) is 0 Å². The van der Waals surface area contributed by atoms with E-state index in [-0.39, 0.29) is 0 Å². The van der Waals surface area contributed by atoms with Crippen LogP contribution < -0.4 is 0 Å². The zero-order valence-corrected chi connectivity index (χ0v) is 11.5. The SMILES string of the molecule is CI=CCN1CCC(C)CC1(C)C. The van der Waals surface area contributed by atoms with Crippen LogP contribution in [0.15, 0.2) is 0 Å². The van der Waals surface area contributed by atoms with Gasteiger partial charge in [0.1, 0.15) is 0 Å². The molecule has 1 unspecified atom stereocenters. The molecule has 1 heterocycles. The van der Waals surface area contributed by atoms with Crippen molar-refractivity contribution in [2.24, 2.45) is 5.92 Å². The predicted molar refractivity (Wildman–Crippen MR) is 70.1 cm³/mol. The molecule has 0 bridgehead atoms. The van der Waals surface area contributed by atoms with Crippen molar-refractivity contribution in [2.45, 2.75) is 39.2 Å². The highest BCUT2D eigenvalue weighted by Crippen LogP contribution is 2.30. The van der Waals surface area contributed by atoms with Crippen LogP contribution in [0.1, 0.15) is 33.6 Å². The van der Waals surface area contributed by atoms with Gasteiger partial charge in [0.2, 0.25) is 0 Å². The van der Waals surface area contributed by atoms with Gasteiger partial charge in [0.25, 0.3) is 0 Å². The molecule has 1 rings (SSSR count). The van der Waals surface area contributed by atoms with Crippen molar-refractivity contribution in [3.8, 4) is 0 Å². The summed E-state index contributed by atoms with van der Waals surface area (Å²) < 4.78 is 2.50. The highest BCUT2D eigenvalue weighted by Gasteiger charge is 2.31. The van der Waals surface area contributed by atoms with Crippen LogP contribution in [0.2, 0.25) is 0 Å². The van der Waals surface area contributed by atoms with Gasteiger partial charge in [-0.15, -0.1) is 20.7 Å². The van der Waals surface area contributed by atoms with Gasteiger partial charge >= 0.3 is 0 Å². The van der Waals surface area contributed by atoms with Gasteiger partial charge < -0.3 is 0 Å². The number of piperidine rings is 1. The first kappa shape index (κ1) is 11.6. The molecule has 0 N–H and O–H groups in total. The Morgan fingerprint density at radius 1 is 1.54 bits per heavy atom. The molecule has 0 saturated carbocycles. The second kappa shape index (κ2) is 4.87. The number of hydrogen-bond acceptors (Lipinski definition) is 1. The van der Waals surface area contributed by atoms with Crippen LogP contribution in [-0.4, -0.2) is 32.5 Å². The Labute approximate surface area is 92.6 Å². The first-order valence-corrected chi connectivity index (χ1v) is 8.51. The van der Waals surface area contributed by atoms with Gasteiger partial charge in [-0.05, 0) is 48.1 Å². The van der Waals surface area contributed by atoms with Crippen molar-refractivity contribution >= 4 is 24.7 Å². The summed E-state index contributed by atoms with van der Waals surface area (Å²) >= 11 is 0.360. The molecule has 0 spiro atoms. The van der Waals surface area contributed by atoms with Crippen molar-refractivity contribution in [1.29, 1.82) is 0 Å². The van der Waals surface area contributed by atoms with Crippen molar-refractivity contribution in [1.82, 2.24) is 4.90 Å². The molecular weight excluding hydrogens is 273 g/mol. The van der Waals surface area contributed by atoms with Crippen molar-refractivity contribution < 1.29 is 0 Å². The Morgan fingerprint density at radius 3 is 2.77 bits per heavy atom. The van der Waals surface area contributed by atoms with Gasteiger partial charge in [-0.25, -0.2) is 0 Å². The van der Waals surface area contributed by atoms with Gasteiger partial charge in [0.05, 0.1) is 0 Å². The monoisotopic (exact) mass is 295 g/mol. The third-order valence-electron chi connectivity index (χ3n) is 3.04. The van der Waals surface area contributed by atoms with E-state index in [1.165, 1.54) is 25.9 Å². The van der Waals surface area contributed by atoms with E-state index in [2.05, 4.69) is 34.6 Å². The third kappa shape index (κ3) is 3.31. The molecule has 1 atom stereocenters. The topological polar surface area (TPSA) is 3.24 Å². The molecule has 1 aliphatic rings. The number of nitrogens with zero attached hydrogens (tertiary/aromatic N) is 1. The van der Waals surface area contributed by atoms with Crippen LogP contribution in [0.5, 0.6) is 0 Å². The summed E-state index contributed by atoms with van der Waals surface area (Å²) in [6, 6.07) is 0. The Balaban J connectivity index is 2.53. The second-order valence-corrected chi connectivity index (χ2v) is 6.86. The highest BCUT2D eigenvalue weighted by atomic mass is 127. The minimum atomic E-state index is 0.360. The molecule has 1 nitrogen and oxygen atoms in total. The standard InChI is InChI=1S/C11H22IN/c1-10-5-7-13(8-6-12-4)11(2,3)9-10/h6,10H,5,7-9H2,1-4H3. The van der Waals surface area contributed by atoms with Crippen LogP contribution >= 0.6 is 20.7 Å². The van der Waals surface area contributed by atoms with E-state index in [0.717, 1.165) is 5.92 Å². The number of alkyl halides is 1. The molecule has 0 aliphatic carbocycles. The molecular formula is C11H22IN. The van der Waals surface area contributed by atoms with Gasteiger partial charge in [-0.3, -0.25) is 4.90 Å². The minimum Gasteiger partial charge on any atom is -0.294 e. The number of likely N-dealkylation sites (tertiary alicyclic amines) is 1. The molecule has 0 amide bonds. The number of halogens is 1. The van der Waals surface area contributed by atoms with Crippen LogP contribution in [0, 0.1) is 5.92 Å². The molecule has 78 valence electrons. The van der Waals surface area contributed by atoms with Gasteiger partial charge in [-0.2, -0.15) is 0 Å². The maximum Gasteiger partial charge on any atom is 0.0221 e. The molecule has 13 heavy (non-hydrogen) atoms. The highest BCUT2D eigenvalue weighted by molar-refractivity contribution is 14.2. The van der Waals surface area contributed by atoms with E-state index in [1.807, 2.05) is 0 Å². The lowest BCUT2D eigenvalue weighted by atomic mass is 9.84. The minimum absolute atomic E-state index is 0.360. The van der Waals surface area contributed by atoms with E-state index < -0.39 is 0 Å². The fraction of sp³-hybridized carbons (Fsp3) is 0.909. The van der Waals surface area contributed by atoms with E-state index in [9.17, 15) is 0 Å². The summed E-state index contributed by atoms with van der Waals surface area (Å²) in [6.45, 7) is 9.70. The van der Waals surface area contributed by atoms with E-state index in [4.69, 9.17) is 0 Å². The third-order valence-corrected chi connectivity index (χ3v) is 4.31. The van der Waals surface area contributed by atoms with Crippen LogP contribution in [-0.2, 0) is 0 Å². The Bertz CT molecular complexity index is 187. The molecule has 0 aromatic rings. The zero-order valence-electron chi connectivity index (χ0n) is 9.31. The first-order chi connectivity index (χ1) is 6.06. The molecule has 1 saturated heterocycles. The van der Waals surface area contributed by atoms with Crippen molar-refractivity contribution in [2.75, 3.05) is 18.0 Å². The maximum absolute atomic E-state index is 2.65. The lowest BCUT2D eigenvalue weighted by molar-refractivity contribution is 0.0685. The maximum atomic E-state index is 2.65. The molecule has 2 heteroatoms. The summed E-state index contributed by atoms with van der Waals surface area (Å²) in [5.41, 5.74) is 0.438. The van der Waals surface area contributed by atoms with Gasteiger partial charge in [0.15, 0.2) is 0 Å². The van der Waals surface area contributed by atoms with Gasteiger partial charge in [0, 0.05) is 12.1 Å². The van der Waals surface area contributed by atoms with E-state index in [0.29, 0.717) is 26.3 Å². The lowest BCUT2D eigenvalue weighted by Crippen LogP contribution is -2.50. The number of hydrogen-bond donors (Lipinski definition) is 0. The summed E-state index contributed by atoms with van der Waals surface area (Å²) in [7, 11) is 0. The number of rotatable bonds is 2. The van der Waals surface area contributed by atoms with Crippen LogP contribution in [0.25, 0.3) is 0 Å². The largest absolute Gasteiger partial charge is 0.294 e. The van der Waals surface area contributed by atoms with Crippen molar-refractivity contribution in [3.63, 3.8) is 0 Å². The second-order valence-electron chi connectivity index (χ2n) is 4.73. The average molecular weight is 295 g/mol. The summed E-state index contributed by atoms with van der Waals surface area (Å²) in [4.78, 5) is 4.98. The molecule has 1 fully saturated rings. The summed E-state index contributed by atoms with van der Waals surface area (Å²) in [5.74, 6) is 0.919. The Hall–Kier alpha value is 0.560. The van der Waals surface area contributed by atoms with Crippen molar-refractivity contribution in [3.05, 3.63) is 0 Å². The van der Waals surface area contributed by atoms with Crippen LogP contribution in [0.4, 0.5) is 0 Å². The molecule has 0 radical (unpaired) electrons. The molecule has 0 aromatic carbocycles. The summed E-state index contributed by atoms with van der Waals surface area (Å²) in [5, 5.41) is 0. The lowest BCUT2D eigenvalue weighted by Gasteiger charge is -2.44. The summed E-state index contributed by atoms with van der Waals surface area (Å²) in [6.07, 6.45) is 2.75. The zero-order chi connectivity index (χ0) is 9.90. The quantitative estimate of drug-likeness (QED) is 0.559. The van der Waals surface area contributed by atoms with Gasteiger partial charge in [-0.1, -0.05) is 6.92 Å². The Kier molecular flexibility index (Phi) is 4.36. The predicted octanol–water partition coefficient (Wildman–Crippen LogP) is 2.90. The van der Waals surface area contributed by atoms with E-state index in [1.54, 1.807) is 0 Å². The normalized spacial score (nSPS) is 30.3. The average Bonchev–Trinajstić information content (AvgIpc) is 2.01. The van der Waals surface area contributed by atoms with E-state index >= 15 is 0 Å².